The predicted molar refractivity (Wildman–Crippen MR) is 138 cm³/mol. The van der Waals surface area contributed by atoms with E-state index in [4.69, 9.17) is 5.73 Å². The summed E-state index contributed by atoms with van der Waals surface area (Å²) in [6, 6.07) is 1.60. The maximum absolute atomic E-state index is 13.8. The fourth-order valence-electron chi connectivity index (χ4n) is 6.56. The van der Waals surface area contributed by atoms with Gasteiger partial charge in [0.25, 0.3) is 5.91 Å². The number of nitrogens with zero attached hydrogens (tertiary/aromatic N) is 3. The number of hydrogen-bond donors (Lipinski definition) is 5. The number of carbonyl (C=O) groups is 4. The molecule has 0 aromatic heterocycles. The van der Waals surface area contributed by atoms with E-state index in [1.807, 2.05) is 4.90 Å². The fourth-order valence-corrected chi connectivity index (χ4v) is 6.56. The quantitative estimate of drug-likeness (QED) is 0.252. The van der Waals surface area contributed by atoms with Gasteiger partial charge in [0.1, 0.15) is 22.8 Å². The number of aliphatic hydroxyl groups excluding tert-OH is 2. The molecule has 1 aromatic rings. The van der Waals surface area contributed by atoms with Crippen molar-refractivity contribution >= 4 is 29.1 Å². The first-order chi connectivity index (χ1) is 18.3. The van der Waals surface area contributed by atoms with Gasteiger partial charge in [0.2, 0.25) is 5.78 Å². The number of carbonyl (C=O) groups excluding carboxylic acids is 4. The number of benzene rings is 1. The van der Waals surface area contributed by atoms with Crippen LogP contribution in [0.15, 0.2) is 39.8 Å². The highest BCUT2D eigenvalue weighted by Crippen LogP contribution is 2.52. The molecule has 39 heavy (non-hydrogen) atoms. The van der Waals surface area contributed by atoms with Crippen LogP contribution in [0.5, 0.6) is 5.75 Å². The van der Waals surface area contributed by atoms with E-state index < -0.39 is 63.8 Å². The van der Waals surface area contributed by atoms with Crippen LogP contribution in [0.2, 0.25) is 0 Å². The van der Waals surface area contributed by atoms with Gasteiger partial charge in [0.15, 0.2) is 17.2 Å². The number of amidine groups is 1. The molecular formula is C27H30N4O8. The molecule has 1 amide bonds. The Balaban J connectivity index is 1.63. The Kier molecular flexibility index (Phi) is 6.15. The normalized spacial score (nSPS) is 28.4. The molecule has 0 radical (unpaired) electrons. The van der Waals surface area contributed by atoms with Gasteiger partial charge in [-0.3, -0.25) is 29.1 Å². The van der Waals surface area contributed by atoms with E-state index in [1.54, 1.807) is 21.0 Å². The monoisotopic (exact) mass is 538 g/mol. The lowest BCUT2D eigenvalue weighted by molar-refractivity contribution is -0.148. The molecule has 12 heteroatoms. The van der Waals surface area contributed by atoms with Crippen LogP contribution in [-0.4, -0.2) is 105 Å². The van der Waals surface area contributed by atoms with Crippen LogP contribution in [0, 0.1) is 11.8 Å². The van der Waals surface area contributed by atoms with Gasteiger partial charge in [0.05, 0.1) is 30.5 Å². The third kappa shape index (κ3) is 3.69. The molecule has 1 aliphatic heterocycles. The van der Waals surface area contributed by atoms with Crippen molar-refractivity contribution in [1.29, 1.82) is 0 Å². The number of allylic oxidation sites excluding steroid dienone is 1. The topological polar surface area (TPSA) is 194 Å². The molecule has 5 rings (SSSR count). The van der Waals surface area contributed by atoms with Crippen molar-refractivity contribution in [1.82, 2.24) is 9.80 Å². The maximum Gasteiger partial charge on any atom is 0.255 e. The van der Waals surface area contributed by atoms with Crippen LogP contribution in [0.25, 0.3) is 0 Å². The third-order valence-corrected chi connectivity index (χ3v) is 8.41. The van der Waals surface area contributed by atoms with Crippen molar-refractivity contribution < 1.29 is 39.6 Å². The number of fused-ring (bicyclic) bond motifs is 3. The molecule has 1 aromatic carbocycles. The second-order valence-electron chi connectivity index (χ2n) is 10.7. The number of aliphatic hydroxyl groups is 3. The minimum Gasteiger partial charge on any atom is -0.510 e. The summed E-state index contributed by atoms with van der Waals surface area (Å²) in [5.41, 5.74) is 1.88. The number of aromatic hydroxyl groups is 1. The van der Waals surface area contributed by atoms with Crippen LogP contribution in [0.4, 0.5) is 0 Å². The fraction of sp³-hybridized carbons (Fsp3) is 0.444. The number of ketones is 3. The Morgan fingerprint density at radius 1 is 1.21 bits per heavy atom. The van der Waals surface area contributed by atoms with Crippen LogP contribution in [-0.2, 0) is 16.0 Å². The first kappa shape index (κ1) is 26.6. The summed E-state index contributed by atoms with van der Waals surface area (Å²) < 4.78 is 0. The van der Waals surface area contributed by atoms with Crippen molar-refractivity contribution in [2.45, 2.75) is 31.4 Å². The number of amides is 1. The highest BCUT2D eigenvalue weighted by molar-refractivity contribution is 6.25. The largest absolute Gasteiger partial charge is 0.510 e. The molecule has 4 atom stereocenters. The van der Waals surface area contributed by atoms with Crippen LogP contribution >= 0.6 is 0 Å². The van der Waals surface area contributed by atoms with E-state index >= 15 is 0 Å². The molecule has 1 heterocycles. The van der Waals surface area contributed by atoms with Gasteiger partial charge < -0.3 is 31.1 Å². The van der Waals surface area contributed by atoms with E-state index in [-0.39, 0.29) is 41.9 Å². The van der Waals surface area contributed by atoms with Gasteiger partial charge in [-0.2, -0.15) is 0 Å². The zero-order valence-electron chi connectivity index (χ0n) is 21.8. The van der Waals surface area contributed by atoms with E-state index in [9.17, 15) is 39.6 Å². The third-order valence-electron chi connectivity index (χ3n) is 8.41. The van der Waals surface area contributed by atoms with Gasteiger partial charge in [0, 0.05) is 23.6 Å². The van der Waals surface area contributed by atoms with Crippen LogP contribution in [0.1, 0.15) is 39.6 Å². The van der Waals surface area contributed by atoms with Gasteiger partial charge in [-0.15, -0.1) is 0 Å². The number of rotatable bonds is 5. The predicted octanol–water partition coefficient (Wildman–Crippen LogP) is 0.0373. The Morgan fingerprint density at radius 2 is 1.90 bits per heavy atom. The first-order valence-corrected chi connectivity index (χ1v) is 12.6. The number of aliphatic imine (C=N–C) groups is 1. The van der Waals surface area contributed by atoms with Crippen molar-refractivity contribution in [2.24, 2.45) is 22.6 Å². The zero-order chi connectivity index (χ0) is 28.5. The molecule has 0 spiro atoms. The van der Waals surface area contributed by atoms with Crippen molar-refractivity contribution in [3.63, 3.8) is 0 Å². The lowest BCUT2D eigenvalue weighted by Crippen LogP contribution is -2.63. The molecule has 3 aliphatic carbocycles. The molecule has 4 aliphatic rings. The van der Waals surface area contributed by atoms with Crippen molar-refractivity contribution in [3.8, 4) is 5.75 Å². The average Bonchev–Trinajstić information content (AvgIpc) is 3.25. The molecule has 0 saturated carbocycles. The minimum absolute atomic E-state index is 0.0352. The number of primary amides is 1. The second-order valence-corrected chi connectivity index (χ2v) is 10.7. The summed E-state index contributed by atoms with van der Waals surface area (Å²) in [6.45, 7) is 3.01. The second kappa shape index (κ2) is 9.02. The van der Waals surface area contributed by atoms with E-state index in [1.165, 1.54) is 17.0 Å². The SMILES string of the molecule is CC1=NCCN1CC(=O)c1ccc(O)c2c1C[C@H]1C[C@H]3[C@H](N(C)C)C(O)=C(C(N)=O)C(=O)[C@@]3(O)C(O)=C1C2=O. The molecular weight excluding hydrogens is 508 g/mol. The summed E-state index contributed by atoms with van der Waals surface area (Å²) in [5.74, 6) is -6.82. The molecule has 12 nitrogen and oxygen atoms in total. The minimum atomic E-state index is -2.71. The Hall–Kier alpha value is -4.03. The molecule has 6 N–H and O–H groups in total. The van der Waals surface area contributed by atoms with Crippen LogP contribution in [0.3, 0.4) is 0 Å². The Morgan fingerprint density at radius 3 is 2.49 bits per heavy atom. The molecule has 0 fully saturated rings. The zero-order valence-corrected chi connectivity index (χ0v) is 21.8. The summed E-state index contributed by atoms with van der Waals surface area (Å²) in [7, 11) is 3.12. The van der Waals surface area contributed by atoms with Crippen molar-refractivity contribution in [2.75, 3.05) is 33.7 Å². The Labute approximate surface area is 223 Å². The van der Waals surface area contributed by atoms with Crippen molar-refractivity contribution in [3.05, 3.63) is 51.5 Å². The summed E-state index contributed by atoms with van der Waals surface area (Å²) in [5, 5.41) is 44.5. The smallest absolute Gasteiger partial charge is 0.255 e. The van der Waals surface area contributed by atoms with Gasteiger partial charge >= 0.3 is 0 Å². The number of Topliss-reactive ketones (excluding diaryl/α,β-unsaturated/α-hetero) is 3. The number of nitrogens with two attached hydrogens (primary N) is 1. The summed E-state index contributed by atoms with van der Waals surface area (Å²) in [6.07, 6.45) is 0.00399. The maximum atomic E-state index is 13.8. The average molecular weight is 539 g/mol. The molecule has 0 bridgehead atoms. The number of hydrogen-bond acceptors (Lipinski definition) is 11. The molecule has 0 saturated heterocycles. The van der Waals surface area contributed by atoms with E-state index in [0.29, 0.717) is 18.7 Å². The van der Waals surface area contributed by atoms with Crippen LogP contribution < -0.4 is 5.73 Å². The lowest BCUT2D eigenvalue weighted by atomic mass is 9.58. The number of phenols is 1. The first-order valence-electron chi connectivity index (χ1n) is 12.6. The van der Waals surface area contributed by atoms with Gasteiger partial charge in [-0.05, 0) is 57.5 Å². The number of likely N-dealkylation sites (N-methyl/N-ethyl adjacent to an activating group) is 1. The highest BCUT2D eigenvalue weighted by atomic mass is 16.3. The standard InChI is InChI=1S/C27H30N4O8/c1-11-29-6-7-31(11)10-17(33)13-4-5-16(32)19-14(13)8-12-9-15-21(30(2)3)23(35)20(26(28)38)25(37)27(15,39)24(36)18(12)22(19)34/h4-5,12,15,21,32,35-36,39H,6-10H2,1-3H3,(H2,28,38)/t12-,15-,21-,27-/m0/s1. The molecule has 206 valence electrons. The van der Waals surface area contributed by atoms with E-state index in [2.05, 4.69) is 4.99 Å². The van der Waals surface area contributed by atoms with Gasteiger partial charge in [-0.25, -0.2) is 0 Å². The lowest BCUT2D eigenvalue weighted by Gasteiger charge is -2.50. The van der Waals surface area contributed by atoms with Gasteiger partial charge in [-0.1, -0.05) is 0 Å². The number of phenolic OH excluding ortho intramolecular Hbond substituents is 1. The van der Waals surface area contributed by atoms with E-state index in [0.717, 1.165) is 5.84 Å². The highest BCUT2D eigenvalue weighted by Gasteiger charge is 2.63. The summed E-state index contributed by atoms with van der Waals surface area (Å²) >= 11 is 0. The summed E-state index contributed by atoms with van der Waals surface area (Å²) in [4.78, 5) is 60.1. The Bertz CT molecular complexity index is 1440. The molecule has 0 unspecified atom stereocenters.